The summed E-state index contributed by atoms with van der Waals surface area (Å²) < 4.78 is 26.5. The minimum atomic E-state index is -0.937. The smallest absolute Gasteiger partial charge is 0.187 e. The maximum absolute atomic E-state index is 13.3. The molecule has 0 heterocycles. The molecule has 2 aromatic rings. The molecule has 2 aromatic carbocycles. The zero-order valence-corrected chi connectivity index (χ0v) is 10.8. The van der Waals surface area contributed by atoms with Crippen LogP contribution in [0.4, 0.5) is 14.5 Å². The van der Waals surface area contributed by atoms with Gasteiger partial charge in [-0.25, -0.2) is 8.78 Å². The minimum Gasteiger partial charge on any atom is -0.503 e. The zero-order chi connectivity index (χ0) is 14.0. The van der Waals surface area contributed by atoms with Crippen LogP contribution < -0.4 is 4.90 Å². The third kappa shape index (κ3) is 2.84. The second-order valence-corrected chi connectivity index (χ2v) is 4.55. The Kier molecular flexibility index (Phi) is 3.69. The van der Waals surface area contributed by atoms with Gasteiger partial charge in [0.15, 0.2) is 17.4 Å². The van der Waals surface area contributed by atoms with E-state index < -0.39 is 17.4 Å². The molecule has 4 heteroatoms. The van der Waals surface area contributed by atoms with E-state index in [4.69, 9.17) is 5.11 Å². The Morgan fingerprint density at radius 2 is 1.68 bits per heavy atom. The van der Waals surface area contributed by atoms with E-state index >= 15 is 0 Å². The summed E-state index contributed by atoms with van der Waals surface area (Å²) in [5, 5.41) is 9.06. The average Bonchev–Trinajstić information content (AvgIpc) is 2.36. The molecule has 0 spiro atoms. The van der Waals surface area contributed by atoms with Crippen molar-refractivity contribution in [1.29, 1.82) is 0 Å². The van der Waals surface area contributed by atoms with Crippen molar-refractivity contribution in [3.8, 4) is 5.75 Å². The normalized spacial score (nSPS) is 10.5. The van der Waals surface area contributed by atoms with Crippen molar-refractivity contribution in [2.75, 3.05) is 11.9 Å². The number of aromatic hydroxyl groups is 1. The van der Waals surface area contributed by atoms with E-state index in [1.165, 1.54) is 0 Å². The first-order chi connectivity index (χ1) is 8.99. The third-order valence-electron chi connectivity index (χ3n) is 3.02. The van der Waals surface area contributed by atoms with Crippen molar-refractivity contribution in [3.63, 3.8) is 0 Å². The van der Waals surface area contributed by atoms with Crippen LogP contribution in [0.2, 0.25) is 0 Å². The van der Waals surface area contributed by atoms with E-state index in [0.29, 0.717) is 12.1 Å². The molecule has 0 amide bonds. The van der Waals surface area contributed by atoms with E-state index in [-0.39, 0.29) is 0 Å². The average molecular weight is 263 g/mol. The van der Waals surface area contributed by atoms with Crippen LogP contribution in [0.1, 0.15) is 11.1 Å². The van der Waals surface area contributed by atoms with Gasteiger partial charge in [-0.05, 0) is 36.2 Å². The van der Waals surface area contributed by atoms with Gasteiger partial charge in [0, 0.05) is 19.3 Å². The lowest BCUT2D eigenvalue weighted by Gasteiger charge is -2.21. The number of nitrogens with zero attached hydrogens (tertiary/aromatic N) is 1. The maximum atomic E-state index is 13.3. The number of rotatable bonds is 3. The summed E-state index contributed by atoms with van der Waals surface area (Å²) in [7, 11) is 1.85. The lowest BCUT2D eigenvalue weighted by molar-refractivity contribution is 0.395. The van der Waals surface area contributed by atoms with Crippen molar-refractivity contribution in [3.05, 3.63) is 59.2 Å². The number of anilines is 1. The van der Waals surface area contributed by atoms with Crippen LogP contribution in [0.15, 0.2) is 36.4 Å². The molecule has 0 saturated carbocycles. The van der Waals surface area contributed by atoms with Crippen molar-refractivity contribution in [2.45, 2.75) is 13.5 Å². The molecule has 0 fully saturated rings. The van der Waals surface area contributed by atoms with Crippen molar-refractivity contribution in [2.24, 2.45) is 0 Å². The minimum absolute atomic E-state index is 0.360. The maximum Gasteiger partial charge on any atom is 0.187 e. The number of para-hydroxylation sites is 1. The van der Waals surface area contributed by atoms with Gasteiger partial charge >= 0.3 is 0 Å². The Hall–Kier alpha value is -2.10. The monoisotopic (exact) mass is 263 g/mol. The molecule has 0 aliphatic heterocycles. The van der Waals surface area contributed by atoms with E-state index in [0.717, 1.165) is 23.4 Å². The van der Waals surface area contributed by atoms with Crippen LogP contribution in [0.25, 0.3) is 0 Å². The molecule has 0 saturated heterocycles. The summed E-state index contributed by atoms with van der Waals surface area (Å²) in [5.41, 5.74) is 2.56. The fourth-order valence-electron chi connectivity index (χ4n) is 2.06. The molecule has 0 atom stereocenters. The summed E-state index contributed by atoms with van der Waals surface area (Å²) >= 11 is 0. The first-order valence-corrected chi connectivity index (χ1v) is 5.92. The van der Waals surface area contributed by atoms with Gasteiger partial charge in [0.2, 0.25) is 0 Å². The van der Waals surface area contributed by atoms with Crippen LogP contribution in [-0.4, -0.2) is 12.2 Å². The summed E-state index contributed by atoms with van der Waals surface area (Å²) in [6.45, 7) is 2.34. The van der Waals surface area contributed by atoms with Gasteiger partial charge in [0.25, 0.3) is 0 Å². The molecule has 0 radical (unpaired) electrons. The van der Waals surface area contributed by atoms with E-state index in [1.807, 2.05) is 43.1 Å². The molecule has 19 heavy (non-hydrogen) atoms. The highest BCUT2D eigenvalue weighted by Crippen LogP contribution is 2.24. The van der Waals surface area contributed by atoms with Gasteiger partial charge in [0.1, 0.15) is 0 Å². The quantitative estimate of drug-likeness (QED) is 0.914. The summed E-state index contributed by atoms with van der Waals surface area (Å²) in [5.74, 6) is -2.80. The van der Waals surface area contributed by atoms with Gasteiger partial charge < -0.3 is 10.0 Å². The predicted molar refractivity (Wildman–Crippen MR) is 71.3 cm³/mol. The molecular weight excluding hydrogens is 248 g/mol. The van der Waals surface area contributed by atoms with Gasteiger partial charge in [-0.3, -0.25) is 0 Å². The zero-order valence-electron chi connectivity index (χ0n) is 10.8. The van der Waals surface area contributed by atoms with Gasteiger partial charge in [-0.1, -0.05) is 18.2 Å². The number of phenols is 1. The molecule has 0 bridgehead atoms. The van der Waals surface area contributed by atoms with Crippen molar-refractivity contribution in [1.82, 2.24) is 0 Å². The van der Waals surface area contributed by atoms with Crippen molar-refractivity contribution >= 4 is 5.69 Å². The third-order valence-corrected chi connectivity index (χ3v) is 3.02. The number of aryl methyl sites for hydroxylation is 1. The van der Waals surface area contributed by atoms with Gasteiger partial charge in [-0.2, -0.15) is 0 Å². The number of hydrogen-bond donors (Lipinski definition) is 1. The molecule has 0 aromatic heterocycles. The number of halogens is 2. The van der Waals surface area contributed by atoms with Gasteiger partial charge in [0.05, 0.1) is 0 Å². The summed E-state index contributed by atoms with van der Waals surface area (Å²) in [6.07, 6.45) is 0. The first kappa shape index (κ1) is 13.3. The summed E-state index contributed by atoms with van der Waals surface area (Å²) in [6, 6.07) is 10.1. The molecule has 0 aliphatic rings. The molecule has 2 nitrogen and oxygen atoms in total. The second-order valence-electron chi connectivity index (χ2n) is 4.55. The Morgan fingerprint density at radius 1 is 1.11 bits per heavy atom. The Labute approximate surface area is 110 Å². The lowest BCUT2D eigenvalue weighted by atomic mass is 10.1. The largest absolute Gasteiger partial charge is 0.503 e. The first-order valence-electron chi connectivity index (χ1n) is 5.92. The standard InChI is InChI=1S/C15H15F2NO/c1-10-5-3-4-6-14(10)18(2)9-11-7-12(16)15(19)13(17)8-11/h3-8,19H,9H2,1-2H3. The van der Waals surface area contributed by atoms with E-state index in [1.54, 1.807) is 0 Å². The fourth-order valence-corrected chi connectivity index (χ4v) is 2.06. The molecular formula is C15H15F2NO. The SMILES string of the molecule is Cc1ccccc1N(C)Cc1cc(F)c(O)c(F)c1. The van der Waals surface area contributed by atoms with Crippen LogP contribution in [0.5, 0.6) is 5.75 Å². The van der Waals surface area contributed by atoms with Crippen LogP contribution in [0.3, 0.4) is 0 Å². The predicted octanol–water partition coefficient (Wildman–Crippen LogP) is 3.62. The highest BCUT2D eigenvalue weighted by Gasteiger charge is 2.11. The molecule has 0 aliphatic carbocycles. The second kappa shape index (κ2) is 5.26. The Bertz CT molecular complexity index is 575. The van der Waals surface area contributed by atoms with E-state index in [2.05, 4.69) is 0 Å². The van der Waals surface area contributed by atoms with Crippen molar-refractivity contribution < 1.29 is 13.9 Å². The molecule has 2 rings (SSSR count). The fraction of sp³-hybridized carbons (Fsp3) is 0.200. The molecule has 1 N–H and O–H groups in total. The lowest BCUT2D eigenvalue weighted by Crippen LogP contribution is -2.17. The molecule has 100 valence electrons. The van der Waals surface area contributed by atoms with Gasteiger partial charge in [-0.15, -0.1) is 0 Å². The Balaban J connectivity index is 2.24. The summed E-state index contributed by atoms with van der Waals surface area (Å²) in [4.78, 5) is 1.90. The number of benzene rings is 2. The van der Waals surface area contributed by atoms with Crippen LogP contribution >= 0.6 is 0 Å². The number of phenolic OH excluding ortho intramolecular Hbond substituents is 1. The number of hydrogen-bond acceptors (Lipinski definition) is 2. The van der Waals surface area contributed by atoms with Crippen LogP contribution in [-0.2, 0) is 6.54 Å². The highest BCUT2D eigenvalue weighted by atomic mass is 19.1. The Morgan fingerprint density at radius 3 is 2.26 bits per heavy atom. The van der Waals surface area contributed by atoms with E-state index in [9.17, 15) is 8.78 Å². The topological polar surface area (TPSA) is 23.5 Å². The highest BCUT2D eigenvalue weighted by molar-refractivity contribution is 5.52. The molecule has 0 unspecified atom stereocenters. The van der Waals surface area contributed by atoms with Crippen LogP contribution in [0, 0.1) is 18.6 Å².